The molecule has 2 aromatic carbocycles. The van der Waals surface area contributed by atoms with Crippen LogP contribution in [0, 0.1) is 0 Å². The largest absolute Gasteiger partial charge is 0.545 e. The Balaban J connectivity index is 1.93. The summed E-state index contributed by atoms with van der Waals surface area (Å²) in [5.74, 6) is -1.15. The van der Waals surface area contributed by atoms with Gasteiger partial charge in [-0.05, 0) is 48.6 Å². The first-order valence-corrected chi connectivity index (χ1v) is 9.45. The molecule has 1 aliphatic carbocycles. The number of carboxylic acids is 1. The zero-order chi connectivity index (χ0) is 21.3. The van der Waals surface area contributed by atoms with Gasteiger partial charge in [0.2, 0.25) is 0 Å². The molecule has 4 rings (SSSR count). The number of alkyl halides is 2. The standard InChI is InChI=1S/C23H19F2NO4/c1-29-18-11-5-7-14(21(18)30-23(24)25)12-13-6-4-9-16-19(22(27)28)15-8-2-3-10-17(15)26-20(13)16/h2-3,5,7-8,10-12,23H,4,6,9H2,1H3,(H,27,28)/p-1/b13-12+. The van der Waals surface area contributed by atoms with Gasteiger partial charge in [-0.1, -0.05) is 30.3 Å². The summed E-state index contributed by atoms with van der Waals surface area (Å²) in [7, 11) is 1.38. The van der Waals surface area contributed by atoms with Gasteiger partial charge in [-0.2, -0.15) is 8.78 Å². The first-order chi connectivity index (χ1) is 14.5. The second-order valence-corrected chi connectivity index (χ2v) is 6.90. The molecule has 0 spiro atoms. The number of hydrogen-bond acceptors (Lipinski definition) is 5. The summed E-state index contributed by atoms with van der Waals surface area (Å²) in [6.07, 6.45) is 3.58. The van der Waals surface area contributed by atoms with Crippen molar-refractivity contribution in [3.63, 3.8) is 0 Å². The van der Waals surface area contributed by atoms with Crippen molar-refractivity contribution in [1.82, 2.24) is 4.98 Å². The molecule has 5 nitrogen and oxygen atoms in total. The quantitative estimate of drug-likeness (QED) is 0.634. The van der Waals surface area contributed by atoms with E-state index in [9.17, 15) is 18.7 Å². The van der Waals surface area contributed by atoms with Crippen LogP contribution in [0.5, 0.6) is 11.5 Å². The summed E-state index contributed by atoms with van der Waals surface area (Å²) in [5, 5.41) is 12.5. The summed E-state index contributed by atoms with van der Waals surface area (Å²) in [6.45, 7) is -3.01. The van der Waals surface area contributed by atoms with Gasteiger partial charge in [0.1, 0.15) is 0 Å². The molecule has 0 bridgehead atoms. The van der Waals surface area contributed by atoms with Gasteiger partial charge in [-0.25, -0.2) is 4.98 Å². The lowest BCUT2D eigenvalue weighted by molar-refractivity contribution is -0.254. The average Bonchev–Trinajstić information content (AvgIpc) is 2.73. The molecule has 0 radical (unpaired) electrons. The number of aromatic carboxylic acids is 1. The van der Waals surface area contributed by atoms with Crippen LogP contribution >= 0.6 is 0 Å². The van der Waals surface area contributed by atoms with Crippen LogP contribution in [0.4, 0.5) is 8.78 Å². The van der Waals surface area contributed by atoms with Crippen LogP contribution < -0.4 is 14.6 Å². The number of para-hydroxylation sites is 2. The predicted molar refractivity (Wildman–Crippen MR) is 107 cm³/mol. The minimum atomic E-state index is -3.01. The molecular formula is C23H18F2NO4-. The molecule has 0 atom stereocenters. The third kappa shape index (κ3) is 3.58. The maximum absolute atomic E-state index is 13.0. The first kappa shape index (κ1) is 19.8. The number of ether oxygens (including phenoxy) is 2. The Hall–Kier alpha value is -3.48. The van der Waals surface area contributed by atoms with Crippen molar-refractivity contribution in [3.05, 3.63) is 64.8 Å². The number of carbonyl (C=O) groups is 1. The highest BCUT2D eigenvalue weighted by molar-refractivity contribution is 6.05. The van der Waals surface area contributed by atoms with Crippen LogP contribution in [-0.2, 0) is 6.42 Å². The summed E-state index contributed by atoms with van der Waals surface area (Å²) >= 11 is 0. The lowest BCUT2D eigenvalue weighted by atomic mass is 9.86. The fraction of sp³-hybridized carbons (Fsp3) is 0.217. The molecule has 0 aliphatic heterocycles. The van der Waals surface area contributed by atoms with Gasteiger partial charge < -0.3 is 19.4 Å². The van der Waals surface area contributed by atoms with Gasteiger partial charge in [0.25, 0.3) is 0 Å². The molecule has 30 heavy (non-hydrogen) atoms. The van der Waals surface area contributed by atoms with Crippen molar-refractivity contribution in [2.75, 3.05) is 7.11 Å². The van der Waals surface area contributed by atoms with Gasteiger partial charge >= 0.3 is 6.61 Å². The van der Waals surface area contributed by atoms with E-state index in [0.29, 0.717) is 47.0 Å². The van der Waals surface area contributed by atoms with Gasteiger partial charge in [0.05, 0.1) is 24.3 Å². The molecule has 0 saturated carbocycles. The van der Waals surface area contributed by atoms with Gasteiger partial charge in [-0.15, -0.1) is 0 Å². The van der Waals surface area contributed by atoms with E-state index in [2.05, 4.69) is 4.98 Å². The summed E-state index contributed by atoms with van der Waals surface area (Å²) in [6, 6.07) is 11.8. The number of pyridine rings is 1. The van der Waals surface area contributed by atoms with E-state index in [1.54, 1.807) is 42.5 Å². The van der Waals surface area contributed by atoms with Gasteiger partial charge in [0, 0.05) is 16.5 Å². The van der Waals surface area contributed by atoms with Crippen LogP contribution in [-0.4, -0.2) is 24.7 Å². The molecular weight excluding hydrogens is 392 g/mol. The van der Waals surface area contributed by atoms with E-state index in [0.717, 1.165) is 5.57 Å². The Morgan fingerprint density at radius 1 is 1.17 bits per heavy atom. The number of benzene rings is 2. The number of aromatic nitrogens is 1. The Morgan fingerprint density at radius 3 is 2.70 bits per heavy atom. The zero-order valence-electron chi connectivity index (χ0n) is 16.2. The molecule has 0 saturated heterocycles. The summed E-state index contributed by atoms with van der Waals surface area (Å²) in [5.41, 5.74) is 2.98. The SMILES string of the molecule is COc1cccc(/C=C2\CCCc3c2nc2ccccc2c3C(=O)[O-])c1OC(F)F. The van der Waals surface area contributed by atoms with Crippen LogP contribution in [0.15, 0.2) is 42.5 Å². The normalized spacial score (nSPS) is 14.7. The van der Waals surface area contributed by atoms with Crippen molar-refractivity contribution in [3.8, 4) is 11.5 Å². The Labute approximate surface area is 171 Å². The molecule has 154 valence electrons. The van der Waals surface area contributed by atoms with Crippen LogP contribution in [0.2, 0.25) is 0 Å². The number of carbonyl (C=O) groups excluding carboxylic acids is 1. The topological polar surface area (TPSA) is 71.5 Å². The van der Waals surface area contributed by atoms with Crippen LogP contribution in [0.1, 0.15) is 40.0 Å². The first-order valence-electron chi connectivity index (χ1n) is 9.45. The molecule has 0 fully saturated rings. The molecule has 0 amide bonds. The lowest BCUT2D eigenvalue weighted by Gasteiger charge is -2.24. The predicted octanol–water partition coefficient (Wildman–Crippen LogP) is 4.09. The molecule has 3 aromatic rings. The van der Waals surface area contributed by atoms with E-state index in [1.807, 2.05) is 0 Å². The highest BCUT2D eigenvalue weighted by atomic mass is 19.3. The highest BCUT2D eigenvalue weighted by Gasteiger charge is 2.23. The van der Waals surface area contributed by atoms with E-state index >= 15 is 0 Å². The molecule has 7 heteroatoms. The third-order valence-corrected chi connectivity index (χ3v) is 5.14. The number of carboxylic acid groups (broad SMARTS) is 1. The number of hydrogen-bond donors (Lipinski definition) is 0. The number of nitrogens with zero attached hydrogens (tertiary/aromatic N) is 1. The van der Waals surface area contributed by atoms with E-state index in [4.69, 9.17) is 9.47 Å². The fourth-order valence-electron chi connectivity index (χ4n) is 3.92. The minimum absolute atomic E-state index is 0.0736. The molecule has 1 aliphatic rings. The van der Waals surface area contributed by atoms with E-state index in [1.165, 1.54) is 13.2 Å². The number of rotatable bonds is 5. The van der Waals surface area contributed by atoms with E-state index in [-0.39, 0.29) is 17.1 Å². The zero-order valence-corrected chi connectivity index (χ0v) is 16.2. The van der Waals surface area contributed by atoms with Crippen molar-refractivity contribution >= 4 is 28.5 Å². The monoisotopic (exact) mass is 410 g/mol. The average molecular weight is 410 g/mol. The van der Waals surface area contributed by atoms with E-state index < -0.39 is 12.6 Å². The Kier molecular flexibility index (Phi) is 5.35. The smallest absolute Gasteiger partial charge is 0.387 e. The van der Waals surface area contributed by atoms with Crippen LogP contribution in [0.3, 0.4) is 0 Å². The number of methoxy groups -OCH3 is 1. The summed E-state index contributed by atoms with van der Waals surface area (Å²) in [4.78, 5) is 16.6. The summed E-state index contributed by atoms with van der Waals surface area (Å²) < 4.78 is 35.8. The van der Waals surface area contributed by atoms with Crippen molar-refractivity contribution in [2.24, 2.45) is 0 Å². The fourth-order valence-corrected chi connectivity index (χ4v) is 3.92. The minimum Gasteiger partial charge on any atom is -0.545 e. The second-order valence-electron chi connectivity index (χ2n) is 6.90. The number of fused-ring (bicyclic) bond motifs is 2. The molecule has 1 heterocycles. The number of halogens is 2. The van der Waals surface area contributed by atoms with Crippen molar-refractivity contribution in [2.45, 2.75) is 25.9 Å². The Bertz CT molecular complexity index is 1160. The van der Waals surface area contributed by atoms with Gasteiger partial charge in [0.15, 0.2) is 11.5 Å². The third-order valence-electron chi connectivity index (χ3n) is 5.14. The Morgan fingerprint density at radius 2 is 1.97 bits per heavy atom. The number of allylic oxidation sites excluding steroid dienone is 1. The molecule has 1 aromatic heterocycles. The highest BCUT2D eigenvalue weighted by Crippen LogP contribution is 2.39. The van der Waals surface area contributed by atoms with Crippen molar-refractivity contribution in [1.29, 1.82) is 0 Å². The van der Waals surface area contributed by atoms with Crippen LogP contribution in [0.25, 0.3) is 22.6 Å². The lowest BCUT2D eigenvalue weighted by Crippen LogP contribution is -2.26. The maximum Gasteiger partial charge on any atom is 0.387 e. The van der Waals surface area contributed by atoms with Gasteiger partial charge in [-0.3, -0.25) is 0 Å². The van der Waals surface area contributed by atoms with Crippen molar-refractivity contribution < 1.29 is 28.2 Å². The molecule has 0 unspecified atom stereocenters. The second kappa shape index (κ2) is 8.10. The maximum atomic E-state index is 13.0. The molecule has 0 N–H and O–H groups in total.